The highest BCUT2D eigenvalue weighted by Gasteiger charge is 2.36. The normalized spacial score (nSPS) is 20.7. The first kappa shape index (κ1) is 24.1. The largest absolute Gasteiger partial charge is 0.346 e. The Hall–Kier alpha value is -2.58. The van der Waals surface area contributed by atoms with Crippen LogP contribution >= 0.6 is 0 Å². The minimum absolute atomic E-state index is 0. The maximum absolute atomic E-state index is 13.4. The highest BCUT2D eigenvalue weighted by atomic mass is 19.3. The third-order valence-corrected chi connectivity index (χ3v) is 6.37. The number of hydrogen-bond donors (Lipinski definition) is 1. The Kier molecular flexibility index (Phi) is 6.86. The number of hydrogen-bond acceptors (Lipinski definition) is 5. The van der Waals surface area contributed by atoms with Crippen molar-refractivity contribution in [1.82, 2.24) is 19.7 Å². The van der Waals surface area contributed by atoms with Crippen molar-refractivity contribution in [1.29, 1.82) is 0 Å². The number of rotatable bonds is 5. The van der Waals surface area contributed by atoms with Crippen LogP contribution in [0.3, 0.4) is 0 Å². The van der Waals surface area contributed by atoms with Gasteiger partial charge in [-0.15, -0.1) is 0 Å². The van der Waals surface area contributed by atoms with Crippen molar-refractivity contribution in [3.8, 4) is 0 Å². The third kappa shape index (κ3) is 4.76. The molecule has 32 heavy (non-hydrogen) atoms. The van der Waals surface area contributed by atoms with Gasteiger partial charge in [0, 0.05) is 32.5 Å². The quantitative estimate of drug-likeness (QED) is 0.725. The van der Waals surface area contributed by atoms with Gasteiger partial charge in [-0.2, -0.15) is 5.10 Å². The number of anilines is 2. The molecule has 2 aliphatic rings. The molecular formula is C23H34F2N6O. The van der Waals surface area contributed by atoms with Crippen LogP contribution in [-0.2, 0) is 17.6 Å². The number of nitrogens with zero attached hydrogens (tertiary/aromatic N) is 5. The van der Waals surface area contributed by atoms with Crippen molar-refractivity contribution in [2.24, 2.45) is 5.92 Å². The van der Waals surface area contributed by atoms with Gasteiger partial charge >= 0.3 is 0 Å². The van der Waals surface area contributed by atoms with Crippen LogP contribution < -0.4 is 10.2 Å². The van der Waals surface area contributed by atoms with Crippen molar-refractivity contribution in [3.63, 3.8) is 0 Å². The van der Waals surface area contributed by atoms with Crippen LogP contribution in [0.15, 0.2) is 12.4 Å². The number of aryl methyl sites for hydroxylation is 3. The zero-order valence-corrected chi connectivity index (χ0v) is 18.5. The van der Waals surface area contributed by atoms with E-state index in [4.69, 9.17) is 4.98 Å². The molecular weight excluding hydrogens is 414 g/mol. The monoisotopic (exact) mass is 448 g/mol. The van der Waals surface area contributed by atoms with Gasteiger partial charge in [-0.3, -0.25) is 9.48 Å². The maximum Gasteiger partial charge on any atom is 0.248 e. The van der Waals surface area contributed by atoms with Gasteiger partial charge in [0.2, 0.25) is 11.8 Å². The van der Waals surface area contributed by atoms with Crippen LogP contribution in [0, 0.1) is 12.8 Å². The smallest absolute Gasteiger partial charge is 0.248 e. The molecule has 1 saturated carbocycles. The molecule has 4 rings (SSSR count). The first-order chi connectivity index (χ1) is 14.6. The molecule has 0 spiro atoms. The van der Waals surface area contributed by atoms with E-state index in [1.54, 1.807) is 6.20 Å². The van der Waals surface area contributed by atoms with Crippen LogP contribution in [0.5, 0.6) is 0 Å². The molecule has 9 heteroatoms. The van der Waals surface area contributed by atoms with Crippen LogP contribution in [0.2, 0.25) is 0 Å². The predicted molar refractivity (Wildman–Crippen MR) is 121 cm³/mol. The maximum atomic E-state index is 13.4. The zero-order valence-electron chi connectivity index (χ0n) is 18.5. The molecule has 1 aliphatic carbocycles. The fraction of sp³-hybridized carbons (Fsp3) is 0.652. The standard InChI is InChI=1S/C22H30F2N6O.CH4/c1-13(2)19-21(31)28-18-14(3)26-17(27-20(18)29(19)4)6-5-15-11-25-30(12-15)16-7-9-22(23,24)10-8-16;/h11-13,16,19H,5-10H2,1-4H3,(H,28,31);1H4/t19-;/m0./s1. The molecule has 1 fully saturated rings. The van der Waals surface area contributed by atoms with Crippen molar-refractivity contribution in [2.45, 2.75) is 84.7 Å². The number of likely N-dealkylation sites (N-methyl/N-ethyl adjacent to an activating group) is 1. The van der Waals surface area contributed by atoms with Crippen molar-refractivity contribution in [2.75, 3.05) is 17.3 Å². The van der Waals surface area contributed by atoms with E-state index >= 15 is 0 Å². The van der Waals surface area contributed by atoms with E-state index in [-0.39, 0.29) is 44.2 Å². The lowest BCUT2D eigenvalue weighted by Crippen LogP contribution is -2.49. The summed E-state index contributed by atoms with van der Waals surface area (Å²) in [6.07, 6.45) is 5.88. The van der Waals surface area contributed by atoms with Gasteiger partial charge in [0.25, 0.3) is 0 Å². The molecule has 3 heterocycles. The number of halogens is 2. The van der Waals surface area contributed by atoms with E-state index in [0.717, 1.165) is 17.1 Å². The average Bonchev–Trinajstić information content (AvgIpc) is 3.16. The van der Waals surface area contributed by atoms with E-state index in [9.17, 15) is 13.6 Å². The number of nitrogens with one attached hydrogen (secondary N) is 1. The minimum atomic E-state index is -2.53. The summed E-state index contributed by atoms with van der Waals surface area (Å²) in [6.45, 7) is 5.92. The predicted octanol–water partition coefficient (Wildman–Crippen LogP) is 4.57. The molecule has 0 unspecified atom stereocenters. The second kappa shape index (κ2) is 9.11. The van der Waals surface area contributed by atoms with E-state index in [1.165, 1.54) is 0 Å². The van der Waals surface area contributed by atoms with Gasteiger partial charge in [0.15, 0.2) is 5.82 Å². The summed E-state index contributed by atoms with van der Waals surface area (Å²) in [7, 11) is 1.90. The van der Waals surface area contributed by atoms with Crippen LogP contribution in [0.25, 0.3) is 0 Å². The van der Waals surface area contributed by atoms with Crippen LogP contribution in [0.1, 0.15) is 70.1 Å². The van der Waals surface area contributed by atoms with Crippen molar-refractivity contribution >= 4 is 17.4 Å². The van der Waals surface area contributed by atoms with Gasteiger partial charge in [0.1, 0.15) is 17.6 Å². The van der Waals surface area contributed by atoms with E-state index in [1.807, 2.05) is 43.6 Å². The summed E-state index contributed by atoms with van der Waals surface area (Å²) in [5, 5.41) is 7.38. The lowest BCUT2D eigenvalue weighted by Gasteiger charge is -2.36. The molecule has 2 aromatic rings. The third-order valence-electron chi connectivity index (χ3n) is 6.37. The lowest BCUT2D eigenvalue weighted by molar-refractivity contribution is -0.118. The zero-order chi connectivity index (χ0) is 22.3. The summed E-state index contributed by atoms with van der Waals surface area (Å²) in [4.78, 5) is 23.7. The van der Waals surface area contributed by atoms with Gasteiger partial charge in [-0.25, -0.2) is 18.7 Å². The Morgan fingerprint density at radius 1 is 1.22 bits per heavy atom. The van der Waals surface area contributed by atoms with Gasteiger partial charge < -0.3 is 10.2 Å². The van der Waals surface area contributed by atoms with Crippen molar-refractivity contribution in [3.05, 3.63) is 29.5 Å². The number of alkyl halides is 2. The fourth-order valence-corrected chi connectivity index (χ4v) is 4.63. The van der Waals surface area contributed by atoms with Crippen molar-refractivity contribution < 1.29 is 13.6 Å². The second-order valence-corrected chi connectivity index (χ2v) is 9.13. The van der Waals surface area contributed by atoms with Gasteiger partial charge in [-0.1, -0.05) is 21.3 Å². The highest BCUT2D eigenvalue weighted by molar-refractivity contribution is 6.03. The Bertz CT molecular complexity index is 963. The summed E-state index contributed by atoms with van der Waals surface area (Å²) < 4.78 is 28.6. The SMILES string of the molecule is C.Cc1nc(CCc2cnn(C3CCC(F)(F)CC3)c2)nc2c1NC(=O)[C@H](C(C)C)N2C. The first-order valence-corrected chi connectivity index (χ1v) is 11.0. The summed E-state index contributed by atoms with van der Waals surface area (Å²) in [6, 6.07) is -0.225. The molecule has 176 valence electrons. The molecule has 1 atom stereocenters. The molecule has 0 bridgehead atoms. The molecule has 0 saturated heterocycles. The highest BCUT2D eigenvalue weighted by Crippen LogP contribution is 2.38. The number of carbonyl (C=O) groups excluding carboxylic acids is 1. The minimum Gasteiger partial charge on any atom is -0.346 e. The van der Waals surface area contributed by atoms with Gasteiger partial charge in [0.05, 0.1) is 17.9 Å². The Balaban J connectivity index is 0.00000289. The molecule has 7 nitrogen and oxygen atoms in total. The van der Waals surface area contributed by atoms with E-state index in [0.29, 0.717) is 37.2 Å². The molecule has 1 aliphatic heterocycles. The Labute approximate surface area is 188 Å². The number of aromatic nitrogens is 4. The first-order valence-electron chi connectivity index (χ1n) is 11.0. The molecule has 1 N–H and O–H groups in total. The van der Waals surface area contributed by atoms with Crippen LogP contribution in [0.4, 0.5) is 20.3 Å². The topological polar surface area (TPSA) is 75.9 Å². The molecule has 0 radical (unpaired) electrons. The Morgan fingerprint density at radius 3 is 2.56 bits per heavy atom. The lowest BCUT2D eigenvalue weighted by atomic mass is 9.92. The van der Waals surface area contributed by atoms with Gasteiger partial charge in [-0.05, 0) is 37.7 Å². The number of amides is 1. The van der Waals surface area contributed by atoms with E-state index in [2.05, 4.69) is 15.4 Å². The fourth-order valence-electron chi connectivity index (χ4n) is 4.63. The Morgan fingerprint density at radius 2 is 1.91 bits per heavy atom. The molecule has 0 aromatic carbocycles. The van der Waals surface area contributed by atoms with Crippen LogP contribution in [-0.4, -0.2) is 44.7 Å². The number of carbonyl (C=O) groups is 1. The average molecular weight is 449 g/mol. The molecule has 1 amide bonds. The second-order valence-electron chi connectivity index (χ2n) is 9.13. The summed E-state index contributed by atoms with van der Waals surface area (Å²) in [5.74, 6) is -0.943. The summed E-state index contributed by atoms with van der Waals surface area (Å²) in [5.41, 5.74) is 2.47. The summed E-state index contributed by atoms with van der Waals surface area (Å²) >= 11 is 0. The molecule has 2 aromatic heterocycles. The number of fused-ring (bicyclic) bond motifs is 1. The van der Waals surface area contributed by atoms with E-state index < -0.39 is 5.92 Å².